The molecule has 0 saturated carbocycles. The number of carbonyl (C=O) groups is 2. The fraction of sp³-hybridized carbons (Fsp3) is 0.300. The molecule has 1 fully saturated rings. The van der Waals surface area contributed by atoms with Gasteiger partial charge < -0.3 is 15.5 Å². The molecule has 1 unspecified atom stereocenters. The predicted molar refractivity (Wildman–Crippen MR) is 105 cm³/mol. The largest absolute Gasteiger partial charge is 0.358 e. The average Bonchev–Trinajstić information content (AvgIpc) is 2.66. The second kappa shape index (κ2) is 7.11. The summed E-state index contributed by atoms with van der Waals surface area (Å²) in [6, 6.07) is 13.3. The molecule has 0 aliphatic carbocycles. The standard InChI is InChI=1S/C20H20BrN3O2/c21-15-5-3-4-13(10-15)12-22-19(25)14-7-8-17-16(11-14)23-20(26)18-6-1-2-9-24(17)18/h3-5,7-8,10-11,18H,1-2,6,9,12H2,(H,22,25)(H,23,26). The van der Waals surface area contributed by atoms with Gasteiger partial charge >= 0.3 is 0 Å². The van der Waals surface area contributed by atoms with Gasteiger partial charge in [-0.05, 0) is 55.2 Å². The Morgan fingerprint density at radius 2 is 2.12 bits per heavy atom. The van der Waals surface area contributed by atoms with Crippen LogP contribution in [0, 0.1) is 0 Å². The van der Waals surface area contributed by atoms with E-state index in [-0.39, 0.29) is 17.9 Å². The Balaban J connectivity index is 1.51. The van der Waals surface area contributed by atoms with E-state index in [4.69, 9.17) is 0 Å². The summed E-state index contributed by atoms with van der Waals surface area (Å²) >= 11 is 3.43. The fourth-order valence-electron chi connectivity index (χ4n) is 3.67. The maximum atomic E-state index is 12.5. The monoisotopic (exact) mass is 413 g/mol. The van der Waals surface area contributed by atoms with Crippen LogP contribution in [-0.4, -0.2) is 24.4 Å². The molecule has 5 nitrogen and oxygen atoms in total. The smallest absolute Gasteiger partial charge is 0.251 e. The lowest BCUT2D eigenvalue weighted by atomic mass is 9.97. The van der Waals surface area contributed by atoms with Gasteiger partial charge in [-0.3, -0.25) is 9.59 Å². The molecule has 2 aliphatic rings. The minimum Gasteiger partial charge on any atom is -0.358 e. The third-order valence-electron chi connectivity index (χ3n) is 4.97. The fourth-order valence-corrected chi connectivity index (χ4v) is 4.11. The van der Waals surface area contributed by atoms with Gasteiger partial charge in [0, 0.05) is 23.1 Å². The summed E-state index contributed by atoms with van der Waals surface area (Å²) < 4.78 is 0.983. The summed E-state index contributed by atoms with van der Waals surface area (Å²) in [6.07, 6.45) is 3.07. The Labute approximate surface area is 160 Å². The molecule has 26 heavy (non-hydrogen) atoms. The number of carbonyl (C=O) groups excluding carboxylic acids is 2. The Morgan fingerprint density at radius 3 is 2.96 bits per heavy atom. The number of hydrogen-bond acceptors (Lipinski definition) is 3. The molecule has 4 rings (SSSR count). The summed E-state index contributed by atoms with van der Waals surface area (Å²) in [5, 5.41) is 5.90. The SMILES string of the molecule is O=C(NCc1cccc(Br)c1)c1ccc2c(c1)NC(=O)C1CCCCN21. The van der Waals surface area contributed by atoms with Gasteiger partial charge in [-0.1, -0.05) is 28.1 Å². The van der Waals surface area contributed by atoms with Crippen molar-refractivity contribution < 1.29 is 9.59 Å². The number of nitrogens with zero attached hydrogens (tertiary/aromatic N) is 1. The van der Waals surface area contributed by atoms with Gasteiger partial charge in [-0.15, -0.1) is 0 Å². The second-order valence-corrected chi connectivity index (χ2v) is 7.65. The van der Waals surface area contributed by atoms with E-state index in [0.717, 1.165) is 47.2 Å². The van der Waals surface area contributed by atoms with Crippen LogP contribution in [0.5, 0.6) is 0 Å². The van der Waals surface area contributed by atoms with Crippen molar-refractivity contribution in [3.05, 3.63) is 58.1 Å². The Hall–Kier alpha value is -2.34. The minimum atomic E-state index is -0.150. The van der Waals surface area contributed by atoms with E-state index in [1.54, 1.807) is 6.07 Å². The molecule has 0 radical (unpaired) electrons. The summed E-state index contributed by atoms with van der Waals surface area (Å²) in [5.41, 5.74) is 3.31. The molecule has 2 heterocycles. The molecule has 2 aromatic rings. The highest BCUT2D eigenvalue weighted by molar-refractivity contribution is 9.10. The van der Waals surface area contributed by atoms with E-state index in [2.05, 4.69) is 31.5 Å². The number of hydrogen-bond donors (Lipinski definition) is 2. The molecule has 2 amide bonds. The van der Waals surface area contributed by atoms with Gasteiger partial charge in [0.15, 0.2) is 0 Å². The van der Waals surface area contributed by atoms with E-state index >= 15 is 0 Å². The van der Waals surface area contributed by atoms with E-state index in [1.807, 2.05) is 36.4 Å². The molecular weight excluding hydrogens is 394 g/mol. The summed E-state index contributed by atoms with van der Waals surface area (Å²) in [5.74, 6) is -0.119. The van der Waals surface area contributed by atoms with Gasteiger partial charge in [0.25, 0.3) is 5.91 Å². The summed E-state index contributed by atoms with van der Waals surface area (Å²) in [4.78, 5) is 27.0. The third kappa shape index (κ3) is 3.33. The molecule has 2 aromatic carbocycles. The molecular formula is C20H20BrN3O2. The predicted octanol–water partition coefficient (Wildman–Crippen LogP) is 3.69. The maximum Gasteiger partial charge on any atom is 0.251 e. The van der Waals surface area contributed by atoms with Gasteiger partial charge in [-0.25, -0.2) is 0 Å². The molecule has 0 bridgehead atoms. The van der Waals surface area contributed by atoms with Gasteiger partial charge in [0.05, 0.1) is 11.4 Å². The molecule has 2 aliphatic heterocycles. The highest BCUT2D eigenvalue weighted by Gasteiger charge is 2.34. The number of piperidine rings is 1. The van der Waals surface area contributed by atoms with Crippen molar-refractivity contribution in [3.8, 4) is 0 Å². The maximum absolute atomic E-state index is 12.5. The van der Waals surface area contributed by atoms with Crippen LogP contribution in [0.3, 0.4) is 0 Å². The number of halogens is 1. The normalized spacial score (nSPS) is 18.6. The van der Waals surface area contributed by atoms with Gasteiger partial charge in [-0.2, -0.15) is 0 Å². The van der Waals surface area contributed by atoms with Crippen LogP contribution in [0.4, 0.5) is 11.4 Å². The van der Waals surface area contributed by atoms with Crippen molar-refractivity contribution >= 4 is 39.1 Å². The Morgan fingerprint density at radius 1 is 1.23 bits per heavy atom. The lowest BCUT2D eigenvalue weighted by molar-refractivity contribution is -0.118. The first-order valence-electron chi connectivity index (χ1n) is 8.86. The average molecular weight is 414 g/mol. The van der Waals surface area contributed by atoms with Gasteiger partial charge in [0.2, 0.25) is 5.91 Å². The van der Waals surface area contributed by atoms with Crippen LogP contribution in [0.1, 0.15) is 35.2 Å². The molecule has 0 spiro atoms. The summed E-state index contributed by atoms with van der Waals surface area (Å²) in [6.45, 7) is 1.34. The third-order valence-corrected chi connectivity index (χ3v) is 5.47. The minimum absolute atomic E-state index is 0.0314. The molecule has 134 valence electrons. The van der Waals surface area contributed by atoms with Gasteiger partial charge in [0.1, 0.15) is 6.04 Å². The van der Waals surface area contributed by atoms with Crippen LogP contribution >= 0.6 is 15.9 Å². The van der Waals surface area contributed by atoms with Crippen LogP contribution in [-0.2, 0) is 11.3 Å². The Kier molecular flexibility index (Phi) is 4.68. The van der Waals surface area contributed by atoms with Crippen molar-refractivity contribution in [1.29, 1.82) is 0 Å². The van der Waals surface area contributed by atoms with Crippen molar-refractivity contribution in [3.63, 3.8) is 0 Å². The summed E-state index contributed by atoms with van der Waals surface area (Å²) in [7, 11) is 0. The van der Waals surface area contributed by atoms with E-state index in [0.29, 0.717) is 12.1 Å². The quantitative estimate of drug-likeness (QED) is 0.806. The topological polar surface area (TPSA) is 61.4 Å². The highest BCUT2D eigenvalue weighted by atomic mass is 79.9. The first-order chi connectivity index (χ1) is 12.6. The van der Waals surface area contributed by atoms with Crippen LogP contribution < -0.4 is 15.5 Å². The van der Waals surface area contributed by atoms with Crippen LogP contribution in [0.2, 0.25) is 0 Å². The van der Waals surface area contributed by atoms with Crippen molar-refractivity contribution in [2.24, 2.45) is 0 Å². The molecule has 1 saturated heterocycles. The molecule has 2 N–H and O–H groups in total. The zero-order valence-corrected chi connectivity index (χ0v) is 15.9. The van der Waals surface area contributed by atoms with Crippen molar-refractivity contribution in [1.82, 2.24) is 5.32 Å². The van der Waals surface area contributed by atoms with E-state index < -0.39 is 0 Å². The zero-order chi connectivity index (χ0) is 18.1. The lowest BCUT2D eigenvalue weighted by Gasteiger charge is -2.41. The molecule has 1 atom stereocenters. The number of benzene rings is 2. The van der Waals surface area contributed by atoms with Crippen molar-refractivity contribution in [2.75, 3.05) is 16.8 Å². The number of amides is 2. The molecule has 6 heteroatoms. The highest BCUT2D eigenvalue weighted by Crippen LogP contribution is 2.36. The van der Waals surface area contributed by atoms with Crippen LogP contribution in [0.15, 0.2) is 46.9 Å². The lowest BCUT2D eigenvalue weighted by Crippen LogP contribution is -2.50. The zero-order valence-electron chi connectivity index (χ0n) is 14.3. The number of fused-ring (bicyclic) bond motifs is 3. The number of anilines is 2. The van der Waals surface area contributed by atoms with E-state index in [1.165, 1.54) is 0 Å². The van der Waals surface area contributed by atoms with Crippen LogP contribution in [0.25, 0.3) is 0 Å². The first-order valence-corrected chi connectivity index (χ1v) is 9.65. The number of nitrogens with one attached hydrogen (secondary N) is 2. The Bertz CT molecular complexity index is 868. The second-order valence-electron chi connectivity index (χ2n) is 6.74. The first kappa shape index (κ1) is 17.1. The van der Waals surface area contributed by atoms with E-state index in [9.17, 15) is 9.59 Å². The van der Waals surface area contributed by atoms with Crippen molar-refractivity contribution in [2.45, 2.75) is 31.8 Å². The molecule has 0 aromatic heterocycles. The number of rotatable bonds is 3.